The van der Waals surface area contributed by atoms with Gasteiger partial charge in [0.15, 0.2) is 0 Å². The monoisotopic (exact) mass is 240 g/mol. The van der Waals surface area contributed by atoms with E-state index in [2.05, 4.69) is 4.98 Å². The van der Waals surface area contributed by atoms with Gasteiger partial charge in [-0.1, -0.05) is 0 Å². The molecule has 0 aromatic carbocycles. The predicted octanol–water partition coefficient (Wildman–Crippen LogP) is 2.81. The Bertz CT molecular complexity index is 400. The third-order valence-corrected chi connectivity index (χ3v) is 1.90. The molecule has 0 amide bonds. The maximum absolute atomic E-state index is 12.8. The van der Waals surface area contributed by atoms with Gasteiger partial charge >= 0.3 is 11.8 Å². The molecular weight excluding hydrogens is 237 g/mol. The number of nitrogens with zero attached hydrogens (tertiary/aromatic N) is 2. The lowest BCUT2D eigenvalue weighted by molar-refractivity contribution is -0.390. The zero-order chi connectivity index (χ0) is 11.6. The fourth-order valence-electron chi connectivity index (χ4n) is 0.951. The van der Waals surface area contributed by atoms with E-state index in [0.29, 0.717) is 6.07 Å². The van der Waals surface area contributed by atoms with E-state index in [1.54, 1.807) is 0 Å². The summed E-state index contributed by atoms with van der Waals surface area (Å²) in [6.45, 7) is 0. The highest BCUT2D eigenvalue weighted by atomic mass is 35.5. The first-order valence-electron chi connectivity index (χ1n) is 3.65. The van der Waals surface area contributed by atoms with Crippen molar-refractivity contribution in [3.63, 3.8) is 0 Å². The maximum Gasteiger partial charge on any atom is 0.371 e. The van der Waals surface area contributed by atoms with Crippen molar-refractivity contribution in [2.75, 3.05) is 0 Å². The molecule has 15 heavy (non-hydrogen) atoms. The third kappa shape index (κ3) is 2.35. The van der Waals surface area contributed by atoms with Gasteiger partial charge in [-0.2, -0.15) is 4.39 Å². The molecule has 0 bridgehead atoms. The average molecular weight is 241 g/mol. The van der Waals surface area contributed by atoms with Crippen LogP contribution in [0.3, 0.4) is 0 Å². The fraction of sp³-hybridized carbons (Fsp3) is 0.286. The summed E-state index contributed by atoms with van der Waals surface area (Å²) in [7, 11) is 0. The standard InChI is InChI=1S/C7H4ClF3N2O2/c8-2-3-1-4(5(9)10)6(11)12-7(3)13(14)15/h1,5H,2H2. The zero-order valence-electron chi connectivity index (χ0n) is 7.08. The van der Waals surface area contributed by atoms with Crippen molar-refractivity contribution < 1.29 is 18.1 Å². The molecule has 1 rings (SSSR count). The Morgan fingerprint density at radius 3 is 2.60 bits per heavy atom. The van der Waals surface area contributed by atoms with Crippen LogP contribution < -0.4 is 0 Å². The normalized spacial score (nSPS) is 10.7. The summed E-state index contributed by atoms with van der Waals surface area (Å²) in [6, 6.07) is 0.651. The largest absolute Gasteiger partial charge is 0.371 e. The topological polar surface area (TPSA) is 56.0 Å². The summed E-state index contributed by atoms with van der Waals surface area (Å²) in [4.78, 5) is 12.2. The van der Waals surface area contributed by atoms with Gasteiger partial charge in [0.05, 0.1) is 17.0 Å². The second-order valence-corrected chi connectivity index (χ2v) is 2.81. The molecule has 82 valence electrons. The Balaban J connectivity index is 3.35. The first-order chi connectivity index (χ1) is 6.97. The Kier molecular flexibility index (Phi) is 3.46. The Morgan fingerprint density at radius 2 is 2.20 bits per heavy atom. The van der Waals surface area contributed by atoms with Crippen LogP contribution in [0, 0.1) is 16.1 Å². The zero-order valence-corrected chi connectivity index (χ0v) is 7.84. The molecule has 0 spiro atoms. The lowest BCUT2D eigenvalue weighted by Gasteiger charge is -2.02. The van der Waals surface area contributed by atoms with Crippen LogP contribution in [0.25, 0.3) is 0 Å². The molecule has 0 atom stereocenters. The number of pyridine rings is 1. The van der Waals surface area contributed by atoms with E-state index < -0.39 is 28.7 Å². The Morgan fingerprint density at radius 1 is 1.60 bits per heavy atom. The van der Waals surface area contributed by atoms with Gasteiger partial charge in [0.1, 0.15) is 0 Å². The van der Waals surface area contributed by atoms with Crippen LogP contribution in [0.2, 0.25) is 0 Å². The van der Waals surface area contributed by atoms with Crippen molar-refractivity contribution >= 4 is 17.4 Å². The van der Waals surface area contributed by atoms with E-state index in [1.165, 1.54) is 0 Å². The van der Waals surface area contributed by atoms with Crippen LogP contribution in [0.15, 0.2) is 6.07 Å². The van der Waals surface area contributed by atoms with E-state index >= 15 is 0 Å². The minimum atomic E-state index is -3.08. The highest BCUT2D eigenvalue weighted by molar-refractivity contribution is 6.17. The summed E-state index contributed by atoms with van der Waals surface area (Å²) in [5.74, 6) is -2.78. The molecule has 8 heteroatoms. The maximum atomic E-state index is 12.8. The Labute approximate surface area is 86.8 Å². The quantitative estimate of drug-likeness (QED) is 0.353. The van der Waals surface area contributed by atoms with Crippen molar-refractivity contribution in [1.29, 1.82) is 0 Å². The minimum absolute atomic E-state index is 0.238. The number of hydrogen-bond acceptors (Lipinski definition) is 3. The van der Waals surface area contributed by atoms with Crippen LogP contribution in [-0.4, -0.2) is 9.91 Å². The summed E-state index contributed by atoms with van der Waals surface area (Å²) < 4.78 is 37.2. The number of nitro groups is 1. The number of hydrogen-bond donors (Lipinski definition) is 0. The molecule has 0 fully saturated rings. The predicted molar refractivity (Wildman–Crippen MR) is 45.4 cm³/mol. The second-order valence-electron chi connectivity index (χ2n) is 2.54. The number of rotatable bonds is 3. The first kappa shape index (κ1) is 11.7. The van der Waals surface area contributed by atoms with E-state index in [-0.39, 0.29) is 11.4 Å². The molecule has 0 aliphatic rings. The summed E-state index contributed by atoms with van der Waals surface area (Å²) in [6.07, 6.45) is -3.08. The van der Waals surface area contributed by atoms with Gasteiger partial charge < -0.3 is 10.1 Å². The van der Waals surface area contributed by atoms with Crippen LogP contribution in [0.5, 0.6) is 0 Å². The van der Waals surface area contributed by atoms with E-state index in [1.807, 2.05) is 0 Å². The molecule has 0 aliphatic carbocycles. The average Bonchev–Trinajstić information content (AvgIpc) is 2.16. The van der Waals surface area contributed by atoms with Crippen molar-refractivity contribution in [3.05, 3.63) is 33.3 Å². The van der Waals surface area contributed by atoms with Gasteiger partial charge in [0, 0.05) is 0 Å². The second kappa shape index (κ2) is 4.43. The first-order valence-corrected chi connectivity index (χ1v) is 4.18. The molecule has 0 saturated heterocycles. The number of aromatic nitrogens is 1. The van der Waals surface area contributed by atoms with Crippen molar-refractivity contribution in [2.24, 2.45) is 0 Å². The number of halogens is 4. The van der Waals surface area contributed by atoms with E-state index in [4.69, 9.17) is 11.6 Å². The van der Waals surface area contributed by atoms with E-state index in [0.717, 1.165) is 0 Å². The molecule has 1 aromatic rings. The highest BCUT2D eigenvalue weighted by Gasteiger charge is 2.25. The minimum Gasteiger partial charge on any atom is -0.358 e. The van der Waals surface area contributed by atoms with Gasteiger partial charge in [-0.05, 0) is 16.0 Å². The molecular formula is C7H4ClF3N2O2. The van der Waals surface area contributed by atoms with Gasteiger partial charge in [0.2, 0.25) is 0 Å². The van der Waals surface area contributed by atoms with Crippen LogP contribution in [0.4, 0.5) is 19.0 Å². The third-order valence-electron chi connectivity index (χ3n) is 1.61. The molecule has 1 heterocycles. The number of alkyl halides is 3. The van der Waals surface area contributed by atoms with Crippen LogP contribution >= 0.6 is 11.6 Å². The SMILES string of the molecule is O=[N+]([O-])c1nc(F)c(C(F)F)cc1CCl. The summed E-state index contributed by atoms with van der Waals surface area (Å²) >= 11 is 5.29. The fourth-order valence-corrected chi connectivity index (χ4v) is 1.15. The lowest BCUT2D eigenvalue weighted by atomic mass is 10.2. The van der Waals surface area contributed by atoms with Crippen LogP contribution in [0.1, 0.15) is 17.6 Å². The van der Waals surface area contributed by atoms with Gasteiger partial charge in [-0.25, -0.2) is 8.78 Å². The molecule has 0 unspecified atom stereocenters. The molecule has 0 radical (unpaired) electrons. The molecule has 0 aliphatic heterocycles. The van der Waals surface area contributed by atoms with Crippen molar-refractivity contribution in [2.45, 2.75) is 12.3 Å². The molecule has 0 N–H and O–H groups in total. The van der Waals surface area contributed by atoms with Gasteiger partial charge in [-0.15, -0.1) is 11.6 Å². The smallest absolute Gasteiger partial charge is 0.358 e. The van der Waals surface area contributed by atoms with Gasteiger partial charge in [-0.3, -0.25) is 0 Å². The highest BCUT2D eigenvalue weighted by Crippen LogP contribution is 2.27. The molecule has 4 nitrogen and oxygen atoms in total. The molecule has 0 saturated carbocycles. The Hall–Kier alpha value is -1.37. The van der Waals surface area contributed by atoms with Crippen molar-refractivity contribution in [1.82, 2.24) is 4.98 Å². The lowest BCUT2D eigenvalue weighted by Crippen LogP contribution is -2.03. The van der Waals surface area contributed by atoms with Crippen molar-refractivity contribution in [3.8, 4) is 0 Å². The summed E-state index contributed by atoms with van der Waals surface area (Å²) in [5.41, 5.74) is -1.23. The van der Waals surface area contributed by atoms with E-state index in [9.17, 15) is 23.3 Å². The van der Waals surface area contributed by atoms with Crippen LogP contribution in [-0.2, 0) is 5.88 Å². The molecule has 1 aromatic heterocycles. The summed E-state index contributed by atoms with van der Waals surface area (Å²) in [5, 5.41) is 10.3. The van der Waals surface area contributed by atoms with Gasteiger partial charge in [0.25, 0.3) is 6.43 Å².